The summed E-state index contributed by atoms with van der Waals surface area (Å²) in [5.41, 5.74) is 0. The zero-order chi connectivity index (χ0) is 11.4. The Bertz CT molecular complexity index is 397. The minimum Gasteiger partial charge on any atom is -0.371 e. The molecule has 5 nitrogen and oxygen atoms in total. The van der Waals surface area contributed by atoms with E-state index in [1.165, 1.54) is 17.4 Å². The molecule has 2 rings (SSSR count). The average Bonchev–Trinajstić information content (AvgIpc) is 2.86. The van der Waals surface area contributed by atoms with Crippen LogP contribution in [0.1, 0.15) is 30.9 Å². The Morgan fingerprint density at radius 2 is 2.50 bits per heavy atom. The topological polar surface area (TPSA) is 64.1 Å². The molecular formula is C10H13N3O2S. The van der Waals surface area contributed by atoms with E-state index < -0.39 is 0 Å². The van der Waals surface area contributed by atoms with E-state index in [-0.39, 0.29) is 12.0 Å². The fourth-order valence-corrected chi connectivity index (χ4v) is 2.32. The maximum absolute atomic E-state index is 11.3. The van der Waals surface area contributed by atoms with Gasteiger partial charge in [-0.3, -0.25) is 10.1 Å². The number of aromatic nitrogens is 2. The summed E-state index contributed by atoms with van der Waals surface area (Å²) < 4.78 is 5.49. The van der Waals surface area contributed by atoms with E-state index in [2.05, 4.69) is 15.5 Å². The van der Waals surface area contributed by atoms with Gasteiger partial charge in [0.2, 0.25) is 11.0 Å². The van der Waals surface area contributed by atoms with Gasteiger partial charge < -0.3 is 4.74 Å². The molecule has 1 aromatic rings. The maximum Gasteiger partial charge on any atom is 0.249 e. The maximum atomic E-state index is 11.3. The van der Waals surface area contributed by atoms with Crippen LogP contribution in [0.5, 0.6) is 0 Å². The van der Waals surface area contributed by atoms with Crippen LogP contribution in [0.25, 0.3) is 0 Å². The summed E-state index contributed by atoms with van der Waals surface area (Å²) in [7, 11) is 0. The molecule has 1 saturated heterocycles. The number of carbonyl (C=O) groups is 1. The van der Waals surface area contributed by atoms with Gasteiger partial charge in [0.25, 0.3) is 0 Å². The molecule has 1 unspecified atom stereocenters. The Hall–Kier alpha value is -1.27. The standard InChI is InChI=1S/C10H13N3O2S/c1-2-4-8(14)11-10-13-12-9(16-10)7-5-3-6-15-7/h2,4,7H,3,5-6H2,1H3,(H,11,13,14)/b4-2+. The molecule has 1 aliphatic heterocycles. The summed E-state index contributed by atoms with van der Waals surface area (Å²) in [6.07, 6.45) is 5.23. The summed E-state index contributed by atoms with van der Waals surface area (Å²) in [5, 5.41) is 11.9. The highest BCUT2D eigenvalue weighted by molar-refractivity contribution is 7.15. The second-order valence-corrected chi connectivity index (χ2v) is 4.45. The van der Waals surface area contributed by atoms with E-state index >= 15 is 0 Å². The van der Waals surface area contributed by atoms with Gasteiger partial charge in [0.1, 0.15) is 11.1 Å². The first kappa shape index (κ1) is 11.2. The molecule has 6 heteroatoms. The zero-order valence-corrected chi connectivity index (χ0v) is 9.79. The smallest absolute Gasteiger partial charge is 0.249 e. The number of anilines is 1. The summed E-state index contributed by atoms with van der Waals surface area (Å²) in [6.45, 7) is 2.57. The molecule has 0 radical (unpaired) electrons. The van der Waals surface area contributed by atoms with Gasteiger partial charge in [-0.25, -0.2) is 0 Å². The van der Waals surface area contributed by atoms with E-state index in [4.69, 9.17) is 4.74 Å². The first-order chi connectivity index (χ1) is 7.79. The van der Waals surface area contributed by atoms with Gasteiger partial charge in [-0.1, -0.05) is 17.4 Å². The molecular weight excluding hydrogens is 226 g/mol. The van der Waals surface area contributed by atoms with Crippen LogP contribution < -0.4 is 5.32 Å². The average molecular weight is 239 g/mol. The number of hydrogen-bond acceptors (Lipinski definition) is 5. The Morgan fingerprint density at radius 1 is 1.62 bits per heavy atom. The van der Waals surface area contributed by atoms with Crippen LogP contribution >= 0.6 is 11.3 Å². The number of carbonyl (C=O) groups excluding carboxylic acids is 1. The van der Waals surface area contributed by atoms with Crippen molar-refractivity contribution in [2.75, 3.05) is 11.9 Å². The first-order valence-electron chi connectivity index (χ1n) is 5.18. The van der Waals surface area contributed by atoms with Crippen LogP contribution in [-0.4, -0.2) is 22.7 Å². The van der Waals surface area contributed by atoms with Crippen LogP contribution in [0.3, 0.4) is 0 Å². The van der Waals surface area contributed by atoms with E-state index in [9.17, 15) is 4.79 Å². The molecule has 0 bridgehead atoms. The van der Waals surface area contributed by atoms with Crippen molar-refractivity contribution in [1.82, 2.24) is 10.2 Å². The molecule has 1 amide bonds. The number of nitrogens with zero attached hydrogens (tertiary/aromatic N) is 2. The van der Waals surface area contributed by atoms with Crippen LogP contribution in [-0.2, 0) is 9.53 Å². The van der Waals surface area contributed by atoms with Crippen molar-refractivity contribution < 1.29 is 9.53 Å². The minimum absolute atomic E-state index is 0.0601. The molecule has 16 heavy (non-hydrogen) atoms. The number of nitrogens with one attached hydrogen (secondary N) is 1. The van der Waals surface area contributed by atoms with Crippen molar-refractivity contribution in [1.29, 1.82) is 0 Å². The van der Waals surface area contributed by atoms with E-state index in [1.807, 2.05) is 0 Å². The Labute approximate surface area is 97.5 Å². The Kier molecular flexibility index (Phi) is 3.63. The van der Waals surface area contributed by atoms with Crippen LogP contribution in [0.4, 0.5) is 5.13 Å². The van der Waals surface area contributed by atoms with Gasteiger partial charge >= 0.3 is 0 Å². The van der Waals surface area contributed by atoms with Crippen LogP contribution in [0.15, 0.2) is 12.2 Å². The predicted molar refractivity (Wildman–Crippen MR) is 61.3 cm³/mol. The number of ether oxygens (including phenoxy) is 1. The van der Waals surface area contributed by atoms with Crippen molar-refractivity contribution in [3.63, 3.8) is 0 Å². The summed E-state index contributed by atoms with van der Waals surface area (Å²) in [5.74, 6) is -0.183. The number of hydrogen-bond donors (Lipinski definition) is 1. The highest BCUT2D eigenvalue weighted by atomic mass is 32.1. The van der Waals surface area contributed by atoms with Crippen molar-refractivity contribution in [3.8, 4) is 0 Å². The lowest BCUT2D eigenvalue weighted by Crippen LogP contribution is -2.07. The molecule has 0 spiro atoms. The largest absolute Gasteiger partial charge is 0.371 e. The van der Waals surface area contributed by atoms with Crippen LogP contribution in [0, 0.1) is 0 Å². The summed E-state index contributed by atoms with van der Waals surface area (Å²) in [6, 6.07) is 0. The Balaban J connectivity index is 1.99. The summed E-state index contributed by atoms with van der Waals surface area (Å²) >= 11 is 1.37. The number of allylic oxidation sites excluding steroid dienone is 1. The predicted octanol–water partition coefficient (Wildman–Crippen LogP) is 1.90. The van der Waals surface area contributed by atoms with Gasteiger partial charge in [-0.05, 0) is 25.8 Å². The van der Waals surface area contributed by atoms with Crippen LogP contribution in [0.2, 0.25) is 0 Å². The molecule has 1 fully saturated rings. The second kappa shape index (κ2) is 5.18. The molecule has 2 heterocycles. The molecule has 1 N–H and O–H groups in total. The van der Waals surface area contributed by atoms with Crippen molar-refractivity contribution >= 4 is 22.4 Å². The van der Waals surface area contributed by atoms with E-state index in [0.29, 0.717) is 5.13 Å². The number of rotatable bonds is 3. The van der Waals surface area contributed by atoms with E-state index in [1.54, 1.807) is 13.0 Å². The van der Waals surface area contributed by atoms with Gasteiger partial charge in [0.15, 0.2) is 0 Å². The molecule has 1 aliphatic rings. The SMILES string of the molecule is C/C=C/C(=O)Nc1nnc(C2CCCO2)s1. The van der Waals surface area contributed by atoms with Gasteiger partial charge in [0, 0.05) is 6.61 Å². The normalized spacial score (nSPS) is 20.4. The highest BCUT2D eigenvalue weighted by Gasteiger charge is 2.22. The molecule has 0 saturated carbocycles. The molecule has 0 aromatic carbocycles. The van der Waals surface area contributed by atoms with Crippen molar-refractivity contribution in [2.24, 2.45) is 0 Å². The minimum atomic E-state index is -0.183. The molecule has 1 aromatic heterocycles. The lowest BCUT2D eigenvalue weighted by Gasteiger charge is -2.01. The lowest BCUT2D eigenvalue weighted by molar-refractivity contribution is -0.111. The summed E-state index contributed by atoms with van der Waals surface area (Å²) in [4.78, 5) is 11.3. The first-order valence-corrected chi connectivity index (χ1v) is 6.00. The van der Waals surface area contributed by atoms with Gasteiger partial charge in [0.05, 0.1) is 0 Å². The third-order valence-corrected chi connectivity index (χ3v) is 3.12. The third kappa shape index (κ3) is 2.65. The van der Waals surface area contributed by atoms with E-state index in [0.717, 1.165) is 24.5 Å². The number of amides is 1. The molecule has 0 aliphatic carbocycles. The quantitative estimate of drug-likeness (QED) is 0.818. The third-order valence-electron chi connectivity index (χ3n) is 2.19. The monoisotopic (exact) mass is 239 g/mol. The second-order valence-electron chi connectivity index (χ2n) is 3.44. The van der Waals surface area contributed by atoms with Crippen molar-refractivity contribution in [2.45, 2.75) is 25.9 Å². The zero-order valence-electron chi connectivity index (χ0n) is 8.97. The fourth-order valence-electron chi connectivity index (χ4n) is 1.49. The Morgan fingerprint density at radius 3 is 3.19 bits per heavy atom. The lowest BCUT2D eigenvalue weighted by atomic mass is 10.2. The fraction of sp³-hybridized carbons (Fsp3) is 0.500. The molecule has 86 valence electrons. The van der Waals surface area contributed by atoms with Gasteiger partial charge in [-0.15, -0.1) is 10.2 Å². The van der Waals surface area contributed by atoms with Gasteiger partial charge in [-0.2, -0.15) is 0 Å². The highest BCUT2D eigenvalue weighted by Crippen LogP contribution is 2.31. The molecule has 1 atom stereocenters. The van der Waals surface area contributed by atoms with Crippen molar-refractivity contribution in [3.05, 3.63) is 17.2 Å².